The Labute approximate surface area is 184 Å². The number of aromatic nitrogens is 2. The Morgan fingerprint density at radius 1 is 1.23 bits per heavy atom. The first kappa shape index (κ1) is 21.4. The Hall–Kier alpha value is -2.86. The molecule has 3 aromatic rings. The number of hydrogen-bond acceptors (Lipinski definition) is 4. The fourth-order valence-electron chi connectivity index (χ4n) is 4.33. The summed E-state index contributed by atoms with van der Waals surface area (Å²) in [5.74, 6) is 1.38. The second-order valence-electron chi connectivity index (χ2n) is 8.95. The number of pyridine rings is 1. The van der Waals surface area contributed by atoms with Crippen LogP contribution in [0.4, 0.5) is 5.82 Å². The average Bonchev–Trinajstić information content (AvgIpc) is 3.16. The van der Waals surface area contributed by atoms with E-state index in [9.17, 15) is 4.79 Å². The van der Waals surface area contributed by atoms with Crippen molar-refractivity contribution in [1.29, 1.82) is 0 Å². The van der Waals surface area contributed by atoms with Crippen LogP contribution in [0, 0.1) is 5.92 Å². The number of carbonyl (C=O) groups is 1. The minimum absolute atomic E-state index is 0.0689. The van der Waals surface area contributed by atoms with Gasteiger partial charge in [-0.15, -0.1) is 0 Å². The molecule has 1 saturated heterocycles. The lowest BCUT2D eigenvalue weighted by Gasteiger charge is -2.40. The van der Waals surface area contributed by atoms with Gasteiger partial charge in [-0.05, 0) is 43.0 Å². The normalized spacial score (nSPS) is 17.4. The van der Waals surface area contributed by atoms with Crippen LogP contribution in [0.15, 0.2) is 48.8 Å². The molecule has 3 heterocycles. The molecule has 0 radical (unpaired) electrons. The number of carbonyl (C=O) groups excluding carboxylic acids is 1. The standard InChI is InChI=1S/C25H33N5O/c1-18(2)10-12-27-24-22(8-6-11-26-24)25(31)30-14-13-29(16-19(30)3)17-20-15-28-23-9-5-4-7-21(20)23/h4-9,11,15,18-19,28H,10,12-14,16-17H2,1-3H3,(H,26,27)/t19-/m1/s1. The minimum Gasteiger partial charge on any atom is -0.369 e. The maximum Gasteiger partial charge on any atom is 0.257 e. The van der Waals surface area contributed by atoms with E-state index in [0.29, 0.717) is 17.3 Å². The highest BCUT2D eigenvalue weighted by Crippen LogP contribution is 2.23. The van der Waals surface area contributed by atoms with E-state index in [1.807, 2.05) is 17.0 Å². The van der Waals surface area contributed by atoms with Crippen molar-refractivity contribution in [3.63, 3.8) is 0 Å². The van der Waals surface area contributed by atoms with Crippen molar-refractivity contribution in [1.82, 2.24) is 19.8 Å². The summed E-state index contributed by atoms with van der Waals surface area (Å²) in [6.07, 6.45) is 4.90. The number of piperazine rings is 1. The molecule has 1 amide bonds. The van der Waals surface area contributed by atoms with Gasteiger partial charge in [0, 0.05) is 62.1 Å². The molecule has 164 valence electrons. The van der Waals surface area contributed by atoms with Gasteiger partial charge in [0.05, 0.1) is 5.56 Å². The minimum atomic E-state index is 0.0689. The van der Waals surface area contributed by atoms with Crippen molar-refractivity contribution < 1.29 is 4.79 Å². The Balaban J connectivity index is 1.40. The lowest BCUT2D eigenvalue weighted by Crippen LogP contribution is -2.53. The van der Waals surface area contributed by atoms with Gasteiger partial charge in [-0.2, -0.15) is 0 Å². The first-order chi connectivity index (χ1) is 15.0. The number of amides is 1. The van der Waals surface area contributed by atoms with E-state index < -0.39 is 0 Å². The number of anilines is 1. The zero-order valence-corrected chi connectivity index (χ0v) is 18.8. The highest BCUT2D eigenvalue weighted by atomic mass is 16.2. The van der Waals surface area contributed by atoms with Crippen LogP contribution in [0.25, 0.3) is 10.9 Å². The number of H-pyrrole nitrogens is 1. The number of fused-ring (bicyclic) bond motifs is 1. The Morgan fingerprint density at radius 2 is 2.06 bits per heavy atom. The molecule has 0 spiro atoms. The van der Waals surface area contributed by atoms with Crippen molar-refractivity contribution in [3.05, 3.63) is 59.9 Å². The molecule has 31 heavy (non-hydrogen) atoms. The summed E-state index contributed by atoms with van der Waals surface area (Å²) in [5.41, 5.74) is 3.16. The predicted molar refractivity (Wildman–Crippen MR) is 126 cm³/mol. The van der Waals surface area contributed by atoms with E-state index in [0.717, 1.165) is 39.1 Å². The molecule has 4 rings (SSSR count). The van der Waals surface area contributed by atoms with Crippen LogP contribution in [0.2, 0.25) is 0 Å². The quantitative estimate of drug-likeness (QED) is 0.597. The first-order valence-electron chi connectivity index (χ1n) is 11.3. The fourth-order valence-corrected chi connectivity index (χ4v) is 4.33. The van der Waals surface area contributed by atoms with Crippen LogP contribution in [-0.2, 0) is 6.54 Å². The van der Waals surface area contributed by atoms with Crippen LogP contribution in [0.5, 0.6) is 0 Å². The summed E-state index contributed by atoms with van der Waals surface area (Å²) in [6.45, 7) is 10.7. The smallest absolute Gasteiger partial charge is 0.257 e. The van der Waals surface area contributed by atoms with E-state index in [-0.39, 0.29) is 11.9 Å². The van der Waals surface area contributed by atoms with E-state index in [2.05, 4.69) is 71.4 Å². The summed E-state index contributed by atoms with van der Waals surface area (Å²) in [4.78, 5) is 25.6. The molecule has 0 aliphatic carbocycles. The molecule has 1 aliphatic heterocycles. The van der Waals surface area contributed by atoms with Gasteiger partial charge in [-0.3, -0.25) is 9.69 Å². The third-order valence-corrected chi connectivity index (χ3v) is 6.09. The van der Waals surface area contributed by atoms with Gasteiger partial charge in [0.15, 0.2) is 0 Å². The van der Waals surface area contributed by atoms with Crippen molar-refractivity contribution in [3.8, 4) is 0 Å². The van der Waals surface area contributed by atoms with Gasteiger partial charge in [-0.25, -0.2) is 4.98 Å². The lowest BCUT2D eigenvalue weighted by atomic mass is 10.1. The third kappa shape index (κ3) is 4.90. The van der Waals surface area contributed by atoms with Gasteiger partial charge in [0.2, 0.25) is 0 Å². The zero-order chi connectivity index (χ0) is 21.8. The summed E-state index contributed by atoms with van der Waals surface area (Å²) < 4.78 is 0. The van der Waals surface area contributed by atoms with Crippen molar-refractivity contribution in [2.24, 2.45) is 5.92 Å². The van der Waals surface area contributed by atoms with Crippen LogP contribution in [0.1, 0.15) is 43.1 Å². The van der Waals surface area contributed by atoms with Gasteiger partial charge in [0.25, 0.3) is 5.91 Å². The zero-order valence-electron chi connectivity index (χ0n) is 18.8. The van der Waals surface area contributed by atoms with E-state index in [1.165, 1.54) is 16.5 Å². The Morgan fingerprint density at radius 3 is 2.87 bits per heavy atom. The van der Waals surface area contributed by atoms with Crippen LogP contribution in [0.3, 0.4) is 0 Å². The molecule has 1 fully saturated rings. The largest absolute Gasteiger partial charge is 0.369 e. The van der Waals surface area contributed by atoms with Gasteiger partial charge in [-0.1, -0.05) is 32.0 Å². The molecule has 0 bridgehead atoms. The maximum absolute atomic E-state index is 13.3. The van der Waals surface area contributed by atoms with Gasteiger partial charge >= 0.3 is 0 Å². The van der Waals surface area contributed by atoms with E-state index in [1.54, 1.807) is 6.20 Å². The van der Waals surface area contributed by atoms with Gasteiger partial charge < -0.3 is 15.2 Å². The highest BCUT2D eigenvalue weighted by Gasteiger charge is 2.29. The number of nitrogens with one attached hydrogen (secondary N) is 2. The Kier molecular flexibility index (Phi) is 6.56. The molecule has 1 aliphatic rings. The average molecular weight is 420 g/mol. The molecule has 0 unspecified atom stereocenters. The third-order valence-electron chi connectivity index (χ3n) is 6.09. The first-order valence-corrected chi connectivity index (χ1v) is 11.3. The monoisotopic (exact) mass is 419 g/mol. The van der Waals surface area contributed by atoms with E-state index >= 15 is 0 Å². The van der Waals surface area contributed by atoms with Crippen LogP contribution in [-0.4, -0.2) is 57.9 Å². The SMILES string of the molecule is CC(C)CCNc1ncccc1C(=O)N1CCN(Cc2c[nH]c3ccccc23)C[C@H]1C. The topological polar surface area (TPSA) is 64.3 Å². The molecule has 0 saturated carbocycles. The molecule has 2 aromatic heterocycles. The molecular weight excluding hydrogens is 386 g/mol. The number of aromatic amines is 1. The maximum atomic E-state index is 13.3. The van der Waals surface area contributed by atoms with Gasteiger partial charge in [0.1, 0.15) is 5.82 Å². The molecular formula is C25H33N5O. The summed E-state index contributed by atoms with van der Waals surface area (Å²) in [7, 11) is 0. The highest BCUT2D eigenvalue weighted by molar-refractivity contribution is 5.99. The van der Waals surface area contributed by atoms with Crippen LogP contribution >= 0.6 is 0 Å². The summed E-state index contributed by atoms with van der Waals surface area (Å²) in [6, 6.07) is 12.3. The van der Waals surface area contributed by atoms with Crippen molar-refractivity contribution in [2.45, 2.75) is 39.8 Å². The number of hydrogen-bond donors (Lipinski definition) is 2. The lowest BCUT2D eigenvalue weighted by molar-refractivity contribution is 0.0477. The second-order valence-corrected chi connectivity index (χ2v) is 8.95. The molecule has 6 heteroatoms. The summed E-state index contributed by atoms with van der Waals surface area (Å²) in [5, 5.41) is 4.64. The molecule has 6 nitrogen and oxygen atoms in total. The second kappa shape index (κ2) is 9.52. The Bertz CT molecular complexity index is 1030. The molecule has 2 N–H and O–H groups in total. The predicted octanol–water partition coefficient (Wildman–Crippen LogP) is 4.37. The number of benzene rings is 1. The number of para-hydroxylation sites is 1. The number of nitrogens with zero attached hydrogens (tertiary/aromatic N) is 3. The van der Waals surface area contributed by atoms with Crippen LogP contribution < -0.4 is 5.32 Å². The summed E-state index contributed by atoms with van der Waals surface area (Å²) >= 11 is 0. The molecule has 1 atom stereocenters. The number of rotatable bonds is 7. The fraction of sp³-hybridized carbons (Fsp3) is 0.440. The van der Waals surface area contributed by atoms with Crippen molar-refractivity contribution in [2.75, 3.05) is 31.5 Å². The molecule has 1 aromatic carbocycles. The van der Waals surface area contributed by atoms with Crippen molar-refractivity contribution >= 4 is 22.6 Å². The van der Waals surface area contributed by atoms with E-state index in [4.69, 9.17) is 0 Å².